The van der Waals surface area contributed by atoms with E-state index in [2.05, 4.69) is 31.2 Å². The van der Waals surface area contributed by atoms with Crippen LogP contribution in [0.25, 0.3) is 0 Å². The highest BCUT2D eigenvalue weighted by molar-refractivity contribution is 5.45. The quantitative estimate of drug-likeness (QED) is 0.926. The molecular weight excluding hydrogens is 252 g/mol. The molecule has 1 aliphatic rings. The van der Waals surface area contributed by atoms with Crippen molar-refractivity contribution >= 4 is 0 Å². The average molecular weight is 270 g/mol. The second-order valence-corrected chi connectivity index (χ2v) is 5.00. The van der Waals surface area contributed by atoms with Gasteiger partial charge in [-0.25, -0.2) is 0 Å². The first-order chi connectivity index (χ1) is 9.76. The van der Waals surface area contributed by atoms with Crippen LogP contribution in [0.4, 0.5) is 0 Å². The third-order valence-corrected chi connectivity index (χ3v) is 3.64. The molecule has 0 aromatic heterocycles. The first kappa shape index (κ1) is 13.0. The predicted octanol–water partition coefficient (Wildman–Crippen LogP) is 3.25. The van der Waals surface area contributed by atoms with E-state index in [9.17, 15) is 5.11 Å². The molecule has 0 spiro atoms. The Labute approximate surface area is 118 Å². The molecule has 1 unspecified atom stereocenters. The second kappa shape index (κ2) is 5.55. The molecule has 0 aliphatic carbocycles. The fourth-order valence-corrected chi connectivity index (χ4v) is 2.37. The minimum absolute atomic E-state index is 0.257. The minimum Gasteiger partial charge on any atom is -0.454 e. The Morgan fingerprint density at radius 3 is 2.45 bits per heavy atom. The van der Waals surface area contributed by atoms with Crippen LogP contribution >= 0.6 is 0 Å². The van der Waals surface area contributed by atoms with Crippen LogP contribution in [-0.2, 0) is 12.8 Å². The monoisotopic (exact) mass is 270 g/mol. The van der Waals surface area contributed by atoms with Gasteiger partial charge in [0.2, 0.25) is 6.79 Å². The summed E-state index contributed by atoms with van der Waals surface area (Å²) in [6.07, 6.45) is 1.10. The van der Waals surface area contributed by atoms with Gasteiger partial charge in [0.15, 0.2) is 11.5 Å². The van der Waals surface area contributed by atoms with Crippen LogP contribution in [0.1, 0.15) is 29.7 Å². The minimum atomic E-state index is -0.531. The molecule has 0 bridgehead atoms. The van der Waals surface area contributed by atoms with Crippen molar-refractivity contribution in [1.29, 1.82) is 0 Å². The van der Waals surface area contributed by atoms with E-state index >= 15 is 0 Å². The maximum atomic E-state index is 10.3. The van der Waals surface area contributed by atoms with Crippen molar-refractivity contribution in [2.45, 2.75) is 25.9 Å². The van der Waals surface area contributed by atoms with Crippen LogP contribution in [0.5, 0.6) is 11.5 Å². The summed E-state index contributed by atoms with van der Waals surface area (Å²) in [5.41, 5.74) is 3.30. The zero-order chi connectivity index (χ0) is 13.9. The Morgan fingerprint density at radius 2 is 1.70 bits per heavy atom. The fourth-order valence-electron chi connectivity index (χ4n) is 2.37. The number of rotatable bonds is 4. The van der Waals surface area contributed by atoms with Gasteiger partial charge < -0.3 is 14.6 Å². The van der Waals surface area contributed by atoms with Crippen LogP contribution in [0.2, 0.25) is 0 Å². The lowest BCUT2D eigenvalue weighted by molar-refractivity contribution is 0.171. The van der Waals surface area contributed by atoms with E-state index in [4.69, 9.17) is 9.47 Å². The van der Waals surface area contributed by atoms with Crippen LogP contribution in [-0.4, -0.2) is 11.9 Å². The van der Waals surface area contributed by atoms with Crippen LogP contribution in [0.15, 0.2) is 42.5 Å². The van der Waals surface area contributed by atoms with E-state index in [-0.39, 0.29) is 6.79 Å². The van der Waals surface area contributed by atoms with Gasteiger partial charge >= 0.3 is 0 Å². The highest BCUT2D eigenvalue weighted by Crippen LogP contribution is 2.34. The van der Waals surface area contributed by atoms with E-state index in [0.717, 1.165) is 23.3 Å². The molecule has 1 atom stereocenters. The maximum absolute atomic E-state index is 10.3. The molecule has 0 radical (unpaired) electrons. The molecule has 104 valence electrons. The third kappa shape index (κ3) is 2.63. The molecule has 0 saturated heterocycles. The lowest BCUT2D eigenvalue weighted by Gasteiger charge is -2.12. The van der Waals surface area contributed by atoms with Crippen molar-refractivity contribution in [3.63, 3.8) is 0 Å². The van der Waals surface area contributed by atoms with Gasteiger partial charge in [0.1, 0.15) is 0 Å². The summed E-state index contributed by atoms with van der Waals surface area (Å²) < 4.78 is 10.6. The van der Waals surface area contributed by atoms with Gasteiger partial charge in [-0.15, -0.1) is 0 Å². The van der Waals surface area contributed by atoms with Gasteiger partial charge in [-0.1, -0.05) is 37.3 Å². The maximum Gasteiger partial charge on any atom is 0.231 e. The highest BCUT2D eigenvalue weighted by Gasteiger charge is 2.16. The summed E-state index contributed by atoms with van der Waals surface area (Å²) in [7, 11) is 0. The van der Waals surface area contributed by atoms with Gasteiger partial charge in [-0.05, 0) is 35.2 Å². The molecule has 3 rings (SSSR count). The van der Waals surface area contributed by atoms with E-state index in [0.29, 0.717) is 12.2 Å². The topological polar surface area (TPSA) is 38.7 Å². The van der Waals surface area contributed by atoms with Gasteiger partial charge in [-0.3, -0.25) is 0 Å². The summed E-state index contributed by atoms with van der Waals surface area (Å²) in [4.78, 5) is 0. The van der Waals surface area contributed by atoms with E-state index in [1.807, 2.05) is 18.2 Å². The first-order valence-corrected chi connectivity index (χ1v) is 6.91. The summed E-state index contributed by atoms with van der Waals surface area (Å²) in [6.45, 7) is 2.39. The average Bonchev–Trinajstić information content (AvgIpc) is 2.95. The zero-order valence-electron chi connectivity index (χ0n) is 11.5. The molecule has 1 heterocycles. The standard InChI is InChI=1S/C17H18O3/c1-2-12-3-5-13(6-4-12)9-15(18)14-7-8-16-17(10-14)20-11-19-16/h3-8,10,15,18H,2,9,11H2,1H3. The molecule has 2 aromatic carbocycles. The lowest BCUT2D eigenvalue weighted by Crippen LogP contribution is -2.02. The number of aliphatic hydroxyl groups is 1. The van der Waals surface area contributed by atoms with Crippen molar-refractivity contribution in [1.82, 2.24) is 0 Å². The molecule has 2 aromatic rings. The lowest BCUT2D eigenvalue weighted by atomic mass is 10.00. The second-order valence-electron chi connectivity index (χ2n) is 5.00. The number of hydrogen-bond donors (Lipinski definition) is 1. The number of ether oxygens (including phenoxy) is 2. The Kier molecular flexibility index (Phi) is 3.61. The highest BCUT2D eigenvalue weighted by atomic mass is 16.7. The summed E-state index contributed by atoms with van der Waals surface area (Å²) in [5, 5.41) is 10.3. The smallest absolute Gasteiger partial charge is 0.231 e. The number of hydrogen-bond acceptors (Lipinski definition) is 3. The van der Waals surface area contributed by atoms with E-state index < -0.39 is 6.10 Å². The summed E-state index contributed by atoms with van der Waals surface area (Å²) >= 11 is 0. The summed E-state index contributed by atoms with van der Waals surface area (Å²) in [6, 6.07) is 14.0. The Hall–Kier alpha value is -2.00. The van der Waals surface area contributed by atoms with Crippen LogP contribution in [0, 0.1) is 0 Å². The number of aliphatic hydroxyl groups excluding tert-OH is 1. The van der Waals surface area contributed by atoms with Crippen molar-refractivity contribution in [2.75, 3.05) is 6.79 Å². The molecule has 1 aliphatic heterocycles. The fraction of sp³-hybridized carbons (Fsp3) is 0.294. The van der Waals surface area contributed by atoms with Crippen molar-refractivity contribution in [3.8, 4) is 11.5 Å². The van der Waals surface area contributed by atoms with Crippen LogP contribution in [0.3, 0.4) is 0 Å². The molecule has 0 saturated carbocycles. The Balaban J connectivity index is 1.73. The molecule has 3 heteroatoms. The normalized spacial score (nSPS) is 14.3. The molecular formula is C17H18O3. The van der Waals surface area contributed by atoms with Gasteiger partial charge in [-0.2, -0.15) is 0 Å². The third-order valence-electron chi connectivity index (χ3n) is 3.64. The largest absolute Gasteiger partial charge is 0.454 e. The van der Waals surface area contributed by atoms with Crippen molar-refractivity contribution < 1.29 is 14.6 Å². The number of fused-ring (bicyclic) bond motifs is 1. The van der Waals surface area contributed by atoms with Crippen LogP contribution < -0.4 is 9.47 Å². The molecule has 0 amide bonds. The van der Waals surface area contributed by atoms with Gasteiger partial charge in [0.05, 0.1) is 6.10 Å². The molecule has 20 heavy (non-hydrogen) atoms. The molecule has 0 fully saturated rings. The molecule has 1 N–H and O–H groups in total. The number of benzene rings is 2. The Morgan fingerprint density at radius 1 is 1.00 bits per heavy atom. The predicted molar refractivity (Wildman–Crippen MR) is 77.0 cm³/mol. The first-order valence-electron chi connectivity index (χ1n) is 6.91. The zero-order valence-corrected chi connectivity index (χ0v) is 11.5. The number of aryl methyl sites for hydroxylation is 1. The van der Waals surface area contributed by atoms with Gasteiger partial charge in [0.25, 0.3) is 0 Å². The van der Waals surface area contributed by atoms with Gasteiger partial charge in [0, 0.05) is 6.42 Å². The van der Waals surface area contributed by atoms with Crippen molar-refractivity contribution in [3.05, 3.63) is 59.2 Å². The van der Waals surface area contributed by atoms with Crippen molar-refractivity contribution in [2.24, 2.45) is 0 Å². The molecule has 3 nitrogen and oxygen atoms in total. The SMILES string of the molecule is CCc1ccc(CC(O)c2ccc3c(c2)OCO3)cc1. The van der Waals surface area contributed by atoms with E-state index in [1.165, 1.54) is 5.56 Å². The Bertz CT molecular complexity index is 590. The summed E-state index contributed by atoms with van der Waals surface area (Å²) in [5.74, 6) is 1.45. The van der Waals surface area contributed by atoms with E-state index in [1.54, 1.807) is 0 Å².